The molecule has 1 aliphatic heterocycles. The van der Waals surface area contributed by atoms with E-state index >= 15 is 0 Å². The number of hydrogen-bond acceptors (Lipinski definition) is 2. The van der Waals surface area contributed by atoms with E-state index in [2.05, 4.69) is 11.2 Å². The number of carbonyl (C=O) groups is 2. The summed E-state index contributed by atoms with van der Waals surface area (Å²) in [5.41, 5.74) is -0.290. The summed E-state index contributed by atoms with van der Waals surface area (Å²) < 4.78 is 0. The second kappa shape index (κ2) is 4.79. The molecule has 0 aromatic heterocycles. The van der Waals surface area contributed by atoms with E-state index in [1.165, 1.54) is 0 Å². The first kappa shape index (κ1) is 13.6. The molecule has 1 aliphatic rings. The van der Waals surface area contributed by atoms with Crippen molar-refractivity contribution in [3.63, 3.8) is 0 Å². The number of amides is 2. The maximum atomic E-state index is 12.3. The normalized spacial score (nSPS) is 25.5. The Labute approximate surface area is 103 Å². The number of piperazine rings is 1. The Morgan fingerprint density at radius 1 is 1.41 bits per heavy atom. The molecule has 1 saturated heterocycles. The van der Waals surface area contributed by atoms with Crippen molar-refractivity contribution >= 4 is 11.8 Å². The molecule has 0 radical (unpaired) electrons. The number of hydrogen-bond donors (Lipinski definition) is 1. The molecule has 4 nitrogen and oxygen atoms in total. The van der Waals surface area contributed by atoms with Crippen molar-refractivity contribution in [2.24, 2.45) is 5.41 Å². The van der Waals surface area contributed by atoms with Gasteiger partial charge in [0, 0.05) is 13.0 Å². The lowest BCUT2D eigenvalue weighted by Crippen LogP contribution is -2.65. The van der Waals surface area contributed by atoms with Gasteiger partial charge in [0.1, 0.15) is 12.1 Å². The van der Waals surface area contributed by atoms with Crippen molar-refractivity contribution < 1.29 is 9.59 Å². The van der Waals surface area contributed by atoms with E-state index in [1.807, 2.05) is 20.8 Å². The predicted octanol–water partition coefficient (Wildman–Crippen LogP) is 0.771. The van der Waals surface area contributed by atoms with E-state index in [4.69, 9.17) is 6.42 Å². The lowest BCUT2D eigenvalue weighted by Gasteiger charge is -2.42. The number of nitrogens with one attached hydrogen (secondary N) is 1. The quantitative estimate of drug-likeness (QED) is 0.720. The van der Waals surface area contributed by atoms with Gasteiger partial charge in [0.2, 0.25) is 11.8 Å². The van der Waals surface area contributed by atoms with Crippen molar-refractivity contribution in [2.45, 2.75) is 46.2 Å². The van der Waals surface area contributed by atoms with Gasteiger partial charge in [-0.25, -0.2) is 0 Å². The zero-order valence-electron chi connectivity index (χ0n) is 10.9. The molecule has 0 aliphatic carbocycles. The van der Waals surface area contributed by atoms with Crippen molar-refractivity contribution in [3.8, 4) is 12.3 Å². The summed E-state index contributed by atoms with van der Waals surface area (Å²) >= 11 is 0. The van der Waals surface area contributed by atoms with Gasteiger partial charge in [0.05, 0.1) is 0 Å². The van der Waals surface area contributed by atoms with Gasteiger partial charge in [0.15, 0.2) is 0 Å². The minimum absolute atomic E-state index is 0.0418. The number of rotatable bonds is 2. The van der Waals surface area contributed by atoms with Crippen molar-refractivity contribution in [2.75, 3.05) is 6.54 Å². The zero-order valence-corrected chi connectivity index (χ0v) is 10.9. The van der Waals surface area contributed by atoms with Gasteiger partial charge in [-0.3, -0.25) is 9.59 Å². The minimum atomic E-state index is -0.469. The summed E-state index contributed by atoms with van der Waals surface area (Å²) in [6, 6.07) is -0.904. The molecule has 0 saturated carbocycles. The molecular formula is C13H20N2O2. The van der Waals surface area contributed by atoms with E-state index < -0.39 is 12.1 Å². The maximum absolute atomic E-state index is 12.3. The maximum Gasteiger partial charge on any atom is 0.246 e. The Morgan fingerprint density at radius 3 is 2.47 bits per heavy atom. The van der Waals surface area contributed by atoms with Crippen LogP contribution in [0, 0.1) is 17.8 Å². The summed E-state index contributed by atoms with van der Waals surface area (Å²) in [7, 11) is 0. The average molecular weight is 236 g/mol. The van der Waals surface area contributed by atoms with Crippen LogP contribution in [0.2, 0.25) is 0 Å². The minimum Gasteiger partial charge on any atom is -0.342 e. The van der Waals surface area contributed by atoms with Crippen molar-refractivity contribution in [3.05, 3.63) is 0 Å². The molecule has 2 unspecified atom stereocenters. The van der Waals surface area contributed by atoms with E-state index in [1.54, 1.807) is 11.8 Å². The van der Waals surface area contributed by atoms with Gasteiger partial charge < -0.3 is 10.2 Å². The number of terminal acetylenes is 1. The Morgan fingerprint density at radius 2 is 2.00 bits per heavy atom. The molecule has 1 rings (SSSR count). The number of nitrogens with zero attached hydrogens (tertiary/aromatic N) is 1. The monoisotopic (exact) mass is 236 g/mol. The molecule has 1 heterocycles. The molecule has 0 spiro atoms. The molecule has 17 heavy (non-hydrogen) atoms. The van der Waals surface area contributed by atoms with Crippen LogP contribution in [-0.4, -0.2) is 35.3 Å². The average Bonchev–Trinajstić information content (AvgIpc) is 2.22. The molecule has 0 aromatic carbocycles. The Balaban J connectivity index is 2.92. The van der Waals surface area contributed by atoms with E-state index in [9.17, 15) is 9.59 Å². The molecule has 1 N–H and O–H groups in total. The molecule has 1 fully saturated rings. The topological polar surface area (TPSA) is 49.4 Å². The highest BCUT2D eigenvalue weighted by atomic mass is 16.2. The standard InChI is InChI=1S/C13H20N2O2/c1-6-7-8-15-9(2)11(16)14-10(12(15)17)13(3,4)5/h1,9-10H,7-8H2,2-5H3,(H,14,16). The zero-order chi connectivity index (χ0) is 13.2. The predicted molar refractivity (Wildman–Crippen MR) is 66.0 cm³/mol. The van der Waals surface area contributed by atoms with Crippen LogP contribution in [0.1, 0.15) is 34.1 Å². The third-order valence-corrected chi connectivity index (χ3v) is 3.03. The van der Waals surface area contributed by atoms with Crippen LogP contribution in [0.25, 0.3) is 0 Å². The summed E-state index contributed by atoms with van der Waals surface area (Å²) in [5, 5.41) is 2.78. The van der Waals surface area contributed by atoms with Crippen LogP contribution in [0.5, 0.6) is 0 Å². The van der Waals surface area contributed by atoms with Crippen LogP contribution in [0.3, 0.4) is 0 Å². The van der Waals surface area contributed by atoms with E-state index in [0.29, 0.717) is 13.0 Å². The fraction of sp³-hybridized carbons (Fsp3) is 0.692. The largest absolute Gasteiger partial charge is 0.342 e. The fourth-order valence-corrected chi connectivity index (χ4v) is 1.90. The molecule has 94 valence electrons. The van der Waals surface area contributed by atoms with Crippen LogP contribution >= 0.6 is 0 Å². The molecule has 0 aromatic rings. The Hall–Kier alpha value is -1.50. The first-order valence-electron chi connectivity index (χ1n) is 5.83. The first-order valence-corrected chi connectivity index (χ1v) is 5.83. The molecular weight excluding hydrogens is 216 g/mol. The van der Waals surface area contributed by atoms with Gasteiger partial charge in [-0.2, -0.15) is 0 Å². The third kappa shape index (κ3) is 2.79. The molecule has 2 amide bonds. The van der Waals surface area contributed by atoms with Crippen LogP contribution in [-0.2, 0) is 9.59 Å². The fourth-order valence-electron chi connectivity index (χ4n) is 1.90. The van der Waals surface area contributed by atoms with E-state index in [-0.39, 0.29) is 17.2 Å². The summed E-state index contributed by atoms with van der Waals surface area (Å²) in [5.74, 6) is 2.35. The Kier molecular flexibility index (Phi) is 3.82. The summed E-state index contributed by atoms with van der Waals surface area (Å²) in [6.07, 6.45) is 5.68. The number of carbonyl (C=O) groups excluding carboxylic acids is 2. The Bertz CT molecular complexity index is 363. The van der Waals surface area contributed by atoms with E-state index in [0.717, 1.165) is 0 Å². The lowest BCUT2D eigenvalue weighted by atomic mass is 9.84. The smallest absolute Gasteiger partial charge is 0.246 e. The summed E-state index contributed by atoms with van der Waals surface area (Å²) in [6.45, 7) is 7.97. The molecule has 4 heteroatoms. The second-order valence-corrected chi connectivity index (χ2v) is 5.47. The van der Waals surface area contributed by atoms with Gasteiger partial charge in [-0.1, -0.05) is 20.8 Å². The van der Waals surface area contributed by atoms with Crippen molar-refractivity contribution in [1.29, 1.82) is 0 Å². The highest BCUT2D eigenvalue weighted by Gasteiger charge is 2.43. The highest BCUT2D eigenvalue weighted by Crippen LogP contribution is 2.25. The van der Waals surface area contributed by atoms with Crippen LogP contribution in [0.15, 0.2) is 0 Å². The van der Waals surface area contributed by atoms with Gasteiger partial charge in [0.25, 0.3) is 0 Å². The summed E-state index contributed by atoms with van der Waals surface area (Å²) in [4.78, 5) is 25.7. The highest BCUT2D eigenvalue weighted by molar-refractivity contribution is 5.97. The van der Waals surface area contributed by atoms with Crippen molar-refractivity contribution in [1.82, 2.24) is 10.2 Å². The van der Waals surface area contributed by atoms with Crippen LogP contribution in [0.4, 0.5) is 0 Å². The van der Waals surface area contributed by atoms with Crippen LogP contribution < -0.4 is 5.32 Å². The van der Waals surface area contributed by atoms with Gasteiger partial charge in [-0.15, -0.1) is 12.3 Å². The lowest BCUT2D eigenvalue weighted by molar-refractivity contribution is -0.151. The SMILES string of the molecule is C#CCCN1C(=O)C(C(C)(C)C)NC(=O)C1C. The first-order chi connectivity index (χ1) is 7.79. The second-order valence-electron chi connectivity index (χ2n) is 5.47. The molecule has 0 bridgehead atoms. The third-order valence-electron chi connectivity index (χ3n) is 3.03. The van der Waals surface area contributed by atoms with Gasteiger partial charge >= 0.3 is 0 Å². The van der Waals surface area contributed by atoms with Gasteiger partial charge in [-0.05, 0) is 12.3 Å². The molecule has 2 atom stereocenters.